The van der Waals surface area contributed by atoms with Crippen molar-refractivity contribution in [2.24, 2.45) is 0 Å². The number of hydrogen-bond donors (Lipinski definition) is 0. The van der Waals surface area contributed by atoms with Crippen LogP contribution in [-0.2, 0) is 0 Å². The molecule has 0 amide bonds. The van der Waals surface area contributed by atoms with Crippen LogP contribution in [0.25, 0.3) is 72.0 Å². The molecule has 0 radical (unpaired) electrons. The third kappa shape index (κ3) is 6.14. The second kappa shape index (κ2) is 14.4. The van der Waals surface area contributed by atoms with Crippen molar-refractivity contribution < 1.29 is 0 Å². The molecule has 0 aliphatic carbocycles. The monoisotopic (exact) mass is 714 g/mol. The Hall–Kier alpha value is -7.42. The summed E-state index contributed by atoms with van der Waals surface area (Å²) in [6.07, 6.45) is 0. The van der Waals surface area contributed by atoms with Crippen LogP contribution in [0.5, 0.6) is 0 Å². The van der Waals surface area contributed by atoms with Crippen LogP contribution in [0.3, 0.4) is 0 Å². The van der Waals surface area contributed by atoms with E-state index in [1.807, 2.05) is 0 Å². The number of nitrogens with zero attached hydrogens (tertiary/aromatic N) is 2. The lowest BCUT2D eigenvalue weighted by atomic mass is 9.93. The van der Waals surface area contributed by atoms with E-state index in [4.69, 9.17) is 0 Å². The molecule has 2 nitrogen and oxygen atoms in total. The first kappa shape index (κ1) is 33.2. The molecular weight excluding hydrogens is 677 g/mol. The second-order valence-corrected chi connectivity index (χ2v) is 14.2. The number of hydrogen-bond acceptors (Lipinski definition) is 1. The van der Waals surface area contributed by atoms with Gasteiger partial charge in [-0.15, -0.1) is 0 Å². The number of para-hydroxylation sites is 2. The van der Waals surface area contributed by atoms with Crippen LogP contribution in [0.1, 0.15) is 0 Å². The third-order valence-corrected chi connectivity index (χ3v) is 10.8. The molecule has 10 rings (SSSR count). The molecule has 0 N–H and O–H groups in total. The molecule has 0 saturated carbocycles. The minimum atomic E-state index is 1.09. The van der Waals surface area contributed by atoms with Gasteiger partial charge in [0.25, 0.3) is 0 Å². The van der Waals surface area contributed by atoms with Gasteiger partial charge in [-0.1, -0.05) is 170 Å². The van der Waals surface area contributed by atoms with Gasteiger partial charge >= 0.3 is 0 Å². The van der Waals surface area contributed by atoms with Gasteiger partial charge in [-0.2, -0.15) is 0 Å². The fourth-order valence-electron chi connectivity index (χ4n) is 8.11. The van der Waals surface area contributed by atoms with Crippen LogP contribution in [0.4, 0.5) is 17.1 Å². The van der Waals surface area contributed by atoms with Gasteiger partial charge in [0.15, 0.2) is 0 Å². The van der Waals surface area contributed by atoms with E-state index >= 15 is 0 Å². The summed E-state index contributed by atoms with van der Waals surface area (Å²) in [6, 6.07) is 83.1. The van der Waals surface area contributed by atoms with Crippen molar-refractivity contribution in [2.45, 2.75) is 0 Å². The highest BCUT2D eigenvalue weighted by atomic mass is 15.1. The standard InChI is InChI=1S/C54H38N2/c1-4-15-39(16-5-1)41-27-31-45(32-28-41)55(46-33-29-42(30-34-46)40-17-6-2-7-18-40)48-35-36-49(52(38-48)43-19-8-3-9-20-43)44-21-14-22-47(37-44)56-53-25-12-10-23-50(53)51-24-11-13-26-54(51)56/h1-38H. The smallest absolute Gasteiger partial charge is 0.0541 e. The zero-order valence-corrected chi connectivity index (χ0v) is 30.8. The van der Waals surface area contributed by atoms with Crippen molar-refractivity contribution in [3.8, 4) is 50.2 Å². The Morgan fingerprint density at radius 1 is 0.268 bits per heavy atom. The minimum Gasteiger partial charge on any atom is -0.310 e. The summed E-state index contributed by atoms with van der Waals surface area (Å²) in [4.78, 5) is 2.37. The van der Waals surface area contributed by atoms with Crippen LogP contribution in [-0.4, -0.2) is 4.57 Å². The van der Waals surface area contributed by atoms with Gasteiger partial charge < -0.3 is 9.47 Å². The Balaban J connectivity index is 1.12. The summed E-state index contributed by atoms with van der Waals surface area (Å²) < 4.78 is 2.39. The van der Waals surface area contributed by atoms with Crippen molar-refractivity contribution in [3.63, 3.8) is 0 Å². The molecule has 2 heteroatoms. The van der Waals surface area contributed by atoms with Crippen LogP contribution in [0.15, 0.2) is 231 Å². The molecule has 10 aromatic rings. The van der Waals surface area contributed by atoms with Crippen LogP contribution >= 0.6 is 0 Å². The highest BCUT2D eigenvalue weighted by molar-refractivity contribution is 6.09. The fraction of sp³-hybridized carbons (Fsp3) is 0. The Labute approximate surface area is 327 Å². The molecule has 0 unspecified atom stereocenters. The zero-order valence-electron chi connectivity index (χ0n) is 30.8. The van der Waals surface area contributed by atoms with Gasteiger partial charge in [0.05, 0.1) is 11.0 Å². The average molecular weight is 715 g/mol. The van der Waals surface area contributed by atoms with Crippen LogP contribution < -0.4 is 4.90 Å². The normalized spacial score (nSPS) is 11.2. The Morgan fingerprint density at radius 2 is 0.696 bits per heavy atom. The molecule has 0 bridgehead atoms. The Bertz CT molecular complexity index is 2790. The van der Waals surface area contributed by atoms with E-state index in [0.717, 1.165) is 22.7 Å². The molecule has 0 aliphatic heterocycles. The highest BCUT2D eigenvalue weighted by Crippen LogP contribution is 2.42. The van der Waals surface area contributed by atoms with Crippen LogP contribution in [0.2, 0.25) is 0 Å². The summed E-state index contributed by atoms with van der Waals surface area (Å²) >= 11 is 0. The summed E-state index contributed by atoms with van der Waals surface area (Å²) in [5.74, 6) is 0. The first-order valence-corrected chi connectivity index (χ1v) is 19.2. The van der Waals surface area contributed by atoms with Crippen molar-refractivity contribution in [2.75, 3.05) is 4.90 Å². The predicted octanol–water partition coefficient (Wildman–Crippen LogP) is 14.9. The molecule has 9 aromatic carbocycles. The number of rotatable bonds is 8. The van der Waals surface area contributed by atoms with E-state index in [1.54, 1.807) is 0 Å². The molecule has 0 spiro atoms. The topological polar surface area (TPSA) is 8.17 Å². The maximum Gasteiger partial charge on any atom is 0.0541 e. The summed E-state index contributed by atoms with van der Waals surface area (Å²) in [5, 5.41) is 2.52. The SMILES string of the molecule is c1ccc(-c2ccc(N(c3ccc(-c4ccccc4)cc3)c3ccc(-c4cccc(-n5c6ccccc6c6ccccc65)c4)c(-c4ccccc4)c3)cc2)cc1. The largest absolute Gasteiger partial charge is 0.310 e. The average Bonchev–Trinajstić information content (AvgIpc) is 3.62. The molecule has 0 aliphatic rings. The molecule has 56 heavy (non-hydrogen) atoms. The molecule has 0 atom stereocenters. The van der Waals surface area contributed by atoms with Gasteiger partial charge in [-0.3, -0.25) is 0 Å². The minimum absolute atomic E-state index is 1.09. The lowest BCUT2D eigenvalue weighted by Crippen LogP contribution is -2.10. The predicted molar refractivity (Wildman–Crippen MR) is 237 cm³/mol. The first-order valence-electron chi connectivity index (χ1n) is 19.2. The Kier molecular flexibility index (Phi) is 8.55. The number of fused-ring (bicyclic) bond motifs is 3. The van der Waals surface area contributed by atoms with E-state index in [0.29, 0.717) is 0 Å². The molecule has 0 saturated heterocycles. The fourth-order valence-corrected chi connectivity index (χ4v) is 8.11. The molecule has 1 aromatic heterocycles. The van der Waals surface area contributed by atoms with E-state index in [9.17, 15) is 0 Å². The second-order valence-electron chi connectivity index (χ2n) is 14.2. The van der Waals surface area contributed by atoms with Gasteiger partial charge in [0.2, 0.25) is 0 Å². The summed E-state index contributed by atoms with van der Waals surface area (Å²) in [7, 11) is 0. The third-order valence-electron chi connectivity index (χ3n) is 10.8. The summed E-state index contributed by atoms with van der Waals surface area (Å²) in [5.41, 5.74) is 16.3. The zero-order chi connectivity index (χ0) is 37.3. The lowest BCUT2D eigenvalue weighted by molar-refractivity contribution is 1.18. The van der Waals surface area contributed by atoms with Crippen LogP contribution in [0, 0.1) is 0 Å². The summed E-state index contributed by atoms with van der Waals surface area (Å²) in [6.45, 7) is 0. The van der Waals surface area contributed by atoms with E-state index < -0.39 is 0 Å². The van der Waals surface area contributed by atoms with E-state index in [-0.39, 0.29) is 0 Å². The van der Waals surface area contributed by atoms with Crippen molar-refractivity contribution >= 4 is 38.9 Å². The van der Waals surface area contributed by atoms with Crippen molar-refractivity contribution in [1.82, 2.24) is 4.57 Å². The van der Waals surface area contributed by atoms with Crippen molar-refractivity contribution in [1.29, 1.82) is 0 Å². The van der Waals surface area contributed by atoms with Gasteiger partial charge in [0, 0.05) is 33.5 Å². The number of benzene rings is 9. The van der Waals surface area contributed by atoms with Gasteiger partial charge in [-0.25, -0.2) is 0 Å². The van der Waals surface area contributed by atoms with Crippen molar-refractivity contribution in [3.05, 3.63) is 231 Å². The first-order chi connectivity index (χ1) is 27.8. The quantitative estimate of drug-likeness (QED) is 0.152. The maximum atomic E-state index is 2.39. The van der Waals surface area contributed by atoms with E-state index in [1.165, 1.54) is 66.3 Å². The number of anilines is 3. The molecular formula is C54H38N2. The van der Waals surface area contributed by atoms with E-state index in [2.05, 4.69) is 240 Å². The van der Waals surface area contributed by atoms with Gasteiger partial charge in [0.1, 0.15) is 0 Å². The number of aromatic nitrogens is 1. The Morgan fingerprint density at radius 3 is 1.23 bits per heavy atom. The molecule has 1 heterocycles. The molecule has 264 valence electrons. The highest BCUT2D eigenvalue weighted by Gasteiger charge is 2.18. The molecule has 0 fully saturated rings. The van der Waals surface area contributed by atoms with Gasteiger partial charge in [-0.05, 0) is 105 Å². The maximum absolute atomic E-state index is 2.39. The lowest BCUT2D eigenvalue weighted by Gasteiger charge is -2.27.